The molecule has 9 heteroatoms. The van der Waals surface area contributed by atoms with Gasteiger partial charge in [-0.15, -0.1) is 0 Å². The van der Waals surface area contributed by atoms with Crippen molar-refractivity contribution in [1.29, 1.82) is 0 Å². The first-order valence-corrected chi connectivity index (χ1v) is 5.90. The minimum atomic E-state index is -4.43. The maximum absolute atomic E-state index is 12.8. The summed E-state index contributed by atoms with van der Waals surface area (Å²) >= 11 is 11.5. The van der Waals surface area contributed by atoms with E-state index >= 15 is 0 Å². The Kier molecular flexibility index (Phi) is 3.30. The second kappa shape index (κ2) is 4.42. The van der Waals surface area contributed by atoms with Gasteiger partial charge in [0.25, 0.3) is 5.69 Å². The van der Waals surface area contributed by atoms with Crippen LogP contribution in [0.2, 0.25) is 10.0 Å². The highest BCUT2D eigenvalue weighted by molar-refractivity contribution is 6.39. The molecule has 104 valence electrons. The number of halogens is 5. The summed E-state index contributed by atoms with van der Waals surface area (Å²) in [5, 5.41) is 12.4. The number of rotatable bonds is 3. The topological polar surface area (TPSA) is 55.2 Å². The number of nitro groups is 1. The van der Waals surface area contributed by atoms with Crippen LogP contribution in [0.1, 0.15) is 12.8 Å². The zero-order valence-corrected chi connectivity index (χ0v) is 10.7. The number of anilines is 1. The largest absolute Gasteiger partial charge is 0.411 e. The van der Waals surface area contributed by atoms with Crippen LogP contribution in [-0.4, -0.2) is 16.6 Å². The molecular formula is C10H7Cl2F3N2O2. The molecule has 1 saturated carbocycles. The van der Waals surface area contributed by atoms with E-state index in [0.717, 1.165) is 12.1 Å². The van der Waals surface area contributed by atoms with E-state index in [2.05, 4.69) is 5.32 Å². The third-order valence-electron chi connectivity index (χ3n) is 2.89. The molecule has 0 atom stereocenters. The highest BCUT2D eigenvalue weighted by Crippen LogP contribution is 2.52. The molecule has 1 aromatic carbocycles. The van der Waals surface area contributed by atoms with Crippen molar-refractivity contribution in [1.82, 2.24) is 0 Å². The van der Waals surface area contributed by atoms with Crippen molar-refractivity contribution in [2.45, 2.75) is 24.6 Å². The molecule has 0 amide bonds. The predicted molar refractivity (Wildman–Crippen MR) is 64.8 cm³/mol. The molecule has 0 saturated heterocycles. The van der Waals surface area contributed by atoms with Gasteiger partial charge < -0.3 is 5.32 Å². The highest BCUT2D eigenvalue weighted by atomic mass is 35.5. The quantitative estimate of drug-likeness (QED) is 0.664. The number of nitro benzene ring substituents is 1. The van der Waals surface area contributed by atoms with Gasteiger partial charge in [-0.05, 0) is 12.8 Å². The smallest absolute Gasteiger partial charge is 0.369 e. The third kappa shape index (κ3) is 2.57. The van der Waals surface area contributed by atoms with E-state index in [9.17, 15) is 23.3 Å². The summed E-state index contributed by atoms with van der Waals surface area (Å²) in [5.41, 5.74) is -2.54. The molecule has 0 heterocycles. The van der Waals surface area contributed by atoms with Gasteiger partial charge in [-0.25, -0.2) is 0 Å². The lowest BCUT2D eigenvalue weighted by molar-refractivity contribution is -0.384. The zero-order valence-electron chi connectivity index (χ0n) is 9.22. The molecule has 1 aliphatic carbocycles. The second-order valence-electron chi connectivity index (χ2n) is 4.25. The molecule has 2 rings (SSSR count). The van der Waals surface area contributed by atoms with Crippen molar-refractivity contribution in [2.75, 3.05) is 5.32 Å². The van der Waals surface area contributed by atoms with Crippen LogP contribution >= 0.6 is 23.2 Å². The first-order valence-electron chi connectivity index (χ1n) is 5.15. The molecule has 0 spiro atoms. The van der Waals surface area contributed by atoms with Crippen LogP contribution in [0.15, 0.2) is 12.1 Å². The minimum Gasteiger partial charge on any atom is -0.369 e. The Morgan fingerprint density at radius 1 is 1.26 bits per heavy atom. The van der Waals surface area contributed by atoms with E-state index < -0.39 is 16.6 Å². The summed E-state index contributed by atoms with van der Waals surface area (Å²) in [7, 11) is 0. The monoisotopic (exact) mass is 314 g/mol. The first kappa shape index (κ1) is 14.2. The highest BCUT2D eigenvalue weighted by Gasteiger charge is 2.63. The number of non-ortho nitro benzene ring substituents is 1. The second-order valence-corrected chi connectivity index (χ2v) is 5.06. The van der Waals surface area contributed by atoms with Gasteiger partial charge in [0.1, 0.15) is 5.54 Å². The average molecular weight is 315 g/mol. The van der Waals surface area contributed by atoms with Crippen LogP contribution in [0.3, 0.4) is 0 Å². The molecule has 4 nitrogen and oxygen atoms in total. The fraction of sp³-hybridized carbons (Fsp3) is 0.400. The molecule has 1 N–H and O–H groups in total. The molecule has 1 aliphatic rings. The standard InChI is InChI=1S/C10H7Cl2F3N2O2/c11-6-3-5(17(18)19)4-7(12)8(6)16-9(1-2-9)10(13,14)15/h3-4,16H,1-2H2. The van der Waals surface area contributed by atoms with Crippen molar-refractivity contribution in [2.24, 2.45) is 0 Å². The van der Waals surface area contributed by atoms with Crippen LogP contribution in [0, 0.1) is 10.1 Å². The van der Waals surface area contributed by atoms with Gasteiger partial charge in [-0.2, -0.15) is 13.2 Å². The Morgan fingerprint density at radius 2 is 1.74 bits per heavy atom. The number of nitrogens with one attached hydrogen (secondary N) is 1. The van der Waals surface area contributed by atoms with Crippen LogP contribution in [-0.2, 0) is 0 Å². The van der Waals surface area contributed by atoms with E-state index in [1.807, 2.05) is 0 Å². The number of alkyl halides is 3. The number of hydrogen-bond donors (Lipinski definition) is 1. The molecule has 0 bridgehead atoms. The minimum absolute atomic E-state index is 0.0832. The lowest BCUT2D eigenvalue weighted by Gasteiger charge is -2.23. The number of nitrogens with zero attached hydrogens (tertiary/aromatic N) is 1. The Morgan fingerprint density at radius 3 is 2.05 bits per heavy atom. The third-order valence-corrected chi connectivity index (χ3v) is 3.49. The lowest BCUT2D eigenvalue weighted by Crippen LogP contribution is -2.38. The summed E-state index contributed by atoms with van der Waals surface area (Å²) in [5.74, 6) is 0. The summed E-state index contributed by atoms with van der Waals surface area (Å²) < 4.78 is 38.4. The summed E-state index contributed by atoms with van der Waals surface area (Å²) in [6, 6.07) is 1.92. The molecule has 0 aromatic heterocycles. The van der Waals surface area contributed by atoms with Crippen LogP contribution in [0.5, 0.6) is 0 Å². The van der Waals surface area contributed by atoms with E-state index in [4.69, 9.17) is 23.2 Å². The fourth-order valence-electron chi connectivity index (χ4n) is 1.63. The molecule has 0 aliphatic heterocycles. The van der Waals surface area contributed by atoms with Gasteiger partial charge >= 0.3 is 6.18 Å². The van der Waals surface area contributed by atoms with Crippen LogP contribution < -0.4 is 5.32 Å². The van der Waals surface area contributed by atoms with Crippen LogP contribution in [0.4, 0.5) is 24.5 Å². The first-order chi connectivity index (χ1) is 8.66. The SMILES string of the molecule is O=[N+]([O-])c1cc(Cl)c(NC2(C(F)(F)F)CC2)c(Cl)c1. The van der Waals surface area contributed by atoms with E-state index in [0.29, 0.717) is 0 Å². The van der Waals surface area contributed by atoms with Gasteiger partial charge in [-0.3, -0.25) is 10.1 Å². The van der Waals surface area contributed by atoms with Gasteiger partial charge in [-0.1, -0.05) is 23.2 Å². The molecule has 1 fully saturated rings. The summed E-state index contributed by atoms with van der Waals surface area (Å²) in [6.45, 7) is 0. The number of benzene rings is 1. The summed E-state index contributed by atoms with van der Waals surface area (Å²) in [6.07, 6.45) is -4.60. The Hall–Kier alpha value is -1.21. The molecular weight excluding hydrogens is 308 g/mol. The van der Waals surface area contributed by atoms with Crippen molar-refractivity contribution in [3.8, 4) is 0 Å². The van der Waals surface area contributed by atoms with E-state index in [1.165, 1.54) is 0 Å². The molecule has 1 aromatic rings. The average Bonchev–Trinajstić information content (AvgIpc) is 3.03. The van der Waals surface area contributed by atoms with Crippen molar-refractivity contribution >= 4 is 34.6 Å². The normalized spacial score (nSPS) is 17.1. The molecule has 19 heavy (non-hydrogen) atoms. The van der Waals surface area contributed by atoms with E-state index in [1.54, 1.807) is 0 Å². The van der Waals surface area contributed by atoms with Gasteiger partial charge in [0.2, 0.25) is 0 Å². The Balaban J connectivity index is 2.35. The summed E-state index contributed by atoms with van der Waals surface area (Å²) in [4.78, 5) is 9.84. The Bertz CT molecular complexity index is 521. The van der Waals surface area contributed by atoms with E-state index in [-0.39, 0.29) is 34.3 Å². The van der Waals surface area contributed by atoms with Crippen LogP contribution in [0.25, 0.3) is 0 Å². The Labute approximate surface area is 115 Å². The number of hydrogen-bond acceptors (Lipinski definition) is 3. The predicted octanol–water partition coefficient (Wildman–Crippen LogP) is 4.41. The molecule has 0 radical (unpaired) electrons. The van der Waals surface area contributed by atoms with Gasteiger partial charge in [0, 0.05) is 12.1 Å². The zero-order chi connectivity index (χ0) is 14.4. The maximum Gasteiger partial charge on any atom is 0.411 e. The lowest BCUT2D eigenvalue weighted by atomic mass is 10.2. The van der Waals surface area contributed by atoms with Crippen molar-refractivity contribution < 1.29 is 18.1 Å². The van der Waals surface area contributed by atoms with Gasteiger partial charge in [0.05, 0.1) is 20.7 Å². The van der Waals surface area contributed by atoms with Gasteiger partial charge in [0.15, 0.2) is 0 Å². The molecule has 0 unspecified atom stereocenters. The maximum atomic E-state index is 12.8. The fourth-order valence-corrected chi connectivity index (χ4v) is 2.20. The van der Waals surface area contributed by atoms with Crippen molar-refractivity contribution in [3.05, 3.63) is 32.3 Å². The van der Waals surface area contributed by atoms with Crippen molar-refractivity contribution in [3.63, 3.8) is 0 Å².